The Morgan fingerprint density at radius 1 is 1.21 bits per heavy atom. The predicted octanol–water partition coefficient (Wildman–Crippen LogP) is 2.87. The molecule has 2 fully saturated rings. The summed E-state index contributed by atoms with van der Waals surface area (Å²) in [6.07, 6.45) is 8.00. The van der Waals surface area contributed by atoms with Crippen LogP contribution in [0.4, 0.5) is 5.69 Å². The van der Waals surface area contributed by atoms with Crippen LogP contribution in [-0.2, 0) is 11.3 Å². The molecule has 6 heteroatoms. The van der Waals surface area contributed by atoms with Crippen LogP contribution in [0.1, 0.15) is 29.0 Å². The molecule has 0 aliphatic carbocycles. The minimum Gasteiger partial charge on any atom is -0.309 e. The monoisotopic (exact) mass is 342 g/mol. The summed E-state index contributed by atoms with van der Waals surface area (Å²) in [5, 5.41) is 0. The first-order valence-electron chi connectivity index (χ1n) is 8.51. The molecule has 2 aromatic rings. The number of hydrogen-bond acceptors (Lipinski definition) is 5. The average molecular weight is 342 g/mol. The topological polar surface area (TPSA) is 49.3 Å². The number of hydrogen-bond donors (Lipinski definition) is 0. The lowest BCUT2D eigenvalue weighted by atomic mass is 9.78. The number of rotatable bonds is 3. The number of piperidine rings is 1. The molecule has 2 aliphatic heterocycles. The van der Waals surface area contributed by atoms with Crippen LogP contribution < -0.4 is 4.90 Å². The van der Waals surface area contributed by atoms with Crippen molar-refractivity contribution >= 4 is 22.9 Å². The third kappa shape index (κ3) is 2.84. The quantitative estimate of drug-likeness (QED) is 0.861. The summed E-state index contributed by atoms with van der Waals surface area (Å²) in [6.45, 7) is 5.83. The van der Waals surface area contributed by atoms with Crippen LogP contribution in [-0.4, -0.2) is 40.4 Å². The van der Waals surface area contributed by atoms with Crippen molar-refractivity contribution in [2.75, 3.05) is 24.5 Å². The van der Waals surface area contributed by atoms with Crippen molar-refractivity contribution in [3.8, 4) is 0 Å². The summed E-state index contributed by atoms with van der Waals surface area (Å²) >= 11 is 1.86. The van der Waals surface area contributed by atoms with E-state index in [0.29, 0.717) is 0 Å². The Morgan fingerprint density at radius 3 is 2.79 bits per heavy atom. The summed E-state index contributed by atoms with van der Waals surface area (Å²) < 4.78 is 0. The molecule has 4 heterocycles. The van der Waals surface area contributed by atoms with E-state index < -0.39 is 0 Å². The molecule has 0 N–H and O–H groups in total. The second kappa shape index (κ2) is 6.26. The van der Waals surface area contributed by atoms with Gasteiger partial charge in [-0.25, -0.2) is 9.97 Å². The van der Waals surface area contributed by atoms with Crippen LogP contribution in [0.2, 0.25) is 0 Å². The first kappa shape index (κ1) is 15.7. The van der Waals surface area contributed by atoms with Crippen LogP contribution in [0.3, 0.4) is 0 Å². The van der Waals surface area contributed by atoms with E-state index in [9.17, 15) is 4.79 Å². The fraction of sp³-hybridized carbons (Fsp3) is 0.500. The van der Waals surface area contributed by atoms with Gasteiger partial charge in [-0.05, 0) is 44.9 Å². The largest absolute Gasteiger partial charge is 0.309 e. The van der Waals surface area contributed by atoms with Gasteiger partial charge in [-0.15, -0.1) is 11.3 Å². The Hall–Kier alpha value is -1.79. The van der Waals surface area contributed by atoms with Crippen LogP contribution >= 0.6 is 11.3 Å². The normalized spacial score (nSPS) is 24.9. The highest BCUT2D eigenvalue weighted by Gasteiger charge is 2.49. The number of likely N-dealkylation sites (tertiary alicyclic amines) is 1. The summed E-state index contributed by atoms with van der Waals surface area (Å²) in [5.74, 6) is 0.254. The summed E-state index contributed by atoms with van der Waals surface area (Å²) in [5.41, 5.74) is 0.603. The standard InChI is InChI=1S/C18H22N4OS/c1-14-3-4-16(24-14)11-21-7-2-5-18(12-21)6-8-22(17(18)23)15-9-19-13-20-10-15/h3-4,9-10,13H,2,5-8,11-12H2,1H3. The minimum atomic E-state index is -0.222. The van der Waals surface area contributed by atoms with Crippen molar-refractivity contribution < 1.29 is 4.79 Å². The maximum atomic E-state index is 13.1. The molecule has 0 aromatic carbocycles. The van der Waals surface area contributed by atoms with Crippen LogP contribution in [0, 0.1) is 12.3 Å². The molecule has 0 radical (unpaired) electrons. The zero-order chi connectivity index (χ0) is 16.6. The fourth-order valence-electron chi connectivity index (χ4n) is 4.03. The molecule has 2 aromatic heterocycles. The Balaban J connectivity index is 1.49. The zero-order valence-corrected chi connectivity index (χ0v) is 14.8. The van der Waals surface area contributed by atoms with E-state index in [2.05, 4.69) is 33.9 Å². The van der Waals surface area contributed by atoms with E-state index in [4.69, 9.17) is 0 Å². The summed E-state index contributed by atoms with van der Waals surface area (Å²) in [6, 6.07) is 4.39. The SMILES string of the molecule is Cc1ccc(CN2CCCC3(CCN(c4cncnc4)C3=O)C2)s1. The molecule has 2 saturated heterocycles. The highest BCUT2D eigenvalue weighted by molar-refractivity contribution is 7.11. The first-order chi connectivity index (χ1) is 11.7. The molecule has 5 nitrogen and oxygen atoms in total. The van der Waals surface area contributed by atoms with Gasteiger partial charge in [0.05, 0.1) is 23.5 Å². The maximum absolute atomic E-state index is 13.1. The highest BCUT2D eigenvalue weighted by Crippen LogP contribution is 2.42. The number of aryl methyl sites for hydroxylation is 1. The average Bonchev–Trinajstić information content (AvgIpc) is 3.13. The molecule has 126 valence electrons. The molecule has 4 rings (SSSR count). The van der Waals surface area contributed by atoms with Crippen molar-refractivity contribution in [2.45, 2.75) is 32.7 Å². The minimum absolute atomic E-state index is 0.222. The molecule has 0 saturated carbocycles. The summed E-state index contributed by atoms with van der Waals surface area (Å²) in [4.78, 5) is 28.3. The van der Waals surface area contributed by atoms with E-state index in [-0.39, 0.29) is 11.3 Å². The molecule has 0 bridgehead atoms. The van der Waals surface area contributed by atoms with E-state index in [1.807, 2.05) is 16.2 Å². The number of anilines is 1. The van der Waals surface area contributed by atoms with Gasteiger partial charge in [-0.1, -0.05) is 0 Å². The van der Waals surface area contributed by atoms with E-state index >= 15 is 0 Å². The van der Waals surface area contributed by atoms with Crippen molar-refractivity contribution in [3.05, 3.63) is 40.6 Å². The fourth-order valence-corrected chi connectivity index (χ4v) is 4.96. The molecule has 24 heavy (non-hydrogen) atoms. The van der Waals surface area contributed by atoms with Crippen molar-refractivity contribution in [1.29, 1.82) is 0 Å². The van der Waals surface area contributed by atoms with E-state index in [0.717, 1.165) is 51.1 Å². The highest BCUT2D eigenvalue weighted by atomic mass is 32.1. The third-order valence-corrected chi connectivity index (χ3v) is 6.19. The molecule has 2 aliphatic rings. The molecule has 1 atom stereocenters. The van der Waals surface area contributed by atoms with Gasteiger partial charge in [-0.2, -0.15) is 0 Å². The van der Waals surface area contributed by atoms with Crippen LogP contribution in [0.25, 0.3) is 0 Å². The van der Waals surface area contributed by atoms with Crippen molar-refractivity contribution in [1.82, 2.24) is 14.9 Å². The number of carbonyl (C=O) groups is 1. The Labute approximate surface area is 146 Å². The van der Waals surface area contributed by atoms with Crippen LogP contribution in [0.5, 0.6) is 0 Å². The molecule has 1 unspecified atom stereocenters. The third-order valence-electron chi connectivity index (χ3n) is 5.20. The molecule has 1 amide bonds. The Morgan fingerprint density at radius 2 is 2.04 bits per heavy atom. The van der Waals surface area contributed by atoms with E-state index in [1.165, 1.54) is 16.1 Å². The zero-order valence-electron chi connectivity index (χ0n) is 13.9. The lowest BCUT2D eigenvalue weighted by Crippen LogP contribution is -2.47. The van der Waals surface area contributed by atoms with Gasteiger partial charge in [-0.3, -0.25) is 9.69 Å². The molecule has 1 spiro atoms. The lowest BCUT2D eigenvalue weighted by Gasteiger charge is -2.38. The van der Waals surface area contributed by atoms with Gasteiger partial charge in [0.15, 0.2) is 0 Å². The molecular formula is C18H22N4OS. The van der Waals surface area contributed by atoms with Gasteiger partial charge < -0.3 is 4.90 Å². The number of amides is 1. The Bertz CT molecular complexity index is 732. The van der Waals surface area contributed by atoms with Gasteiger partial charge in [0.1, 0.15) is 6.33 Å². The second-order valence-corrected chi connectivity index (χ2v) is 8.28. The number of nitrogens with zero attached hydrogens (tertiary/aromatic N) is 4. The smallest absolute Gasteiger partial charge is 0.234 e. The Kier molecular flexibility index (Phi) is 4.10. The van der Waals surface area contributed by atoms with Gasteiger partial charge >= 0.3 is 0 Å². The van der Waals surface area contributed by atoms with Gasteiger partial charge in [0.25, 0.3) is 0 Å². The molecular weight excluding hydrogens is 320 g/mol. The summed E-state index contributed by atoms with van der Waals surface area (Å²) in [7, 11) is 0. The maximum Gasteiger partial charge on any atom is 0.234 e. The van der Waals surface area contributed by atoms with Crippen molar-refractivity contribution in [3.63, 3.8) is 0 Å². The lowest BCUT2D eigenvalue weighted by molar-refractivity contribution is -0.128. The van der Waals surface area contributed by atoms with E-state index in [1.54, 1.807) is 12.4 Å². The second-order valence-electron chi connectivity index (χ2n) is 6.91. The first-order valence-corrected chi connectivity index (χ1v) is 9.33. The van der Waals surface area contributed by atoms with Gasteiger partial charge in [0.2, 0.25) is 5.91 Å². The number of aromatic nitrogens is 2. The number of thiophene rings is 1. The number of carbonyl (C=O) groups excluding carboxylic acids is 1. The van der Waals surface area contributed by atoms with Gasteiger partial charge in [0, 0.05) is 29.4 Å². The predicted molar refractivity (Wildman–Crippen MR) is 95.0 cm³/mol. The van der Waals surface area contributed by atoms with Crippen molar-refractivity contribution in [2.24, 2.45) is 5.41 Å². The van der Waals surface area contributed by atoms with Crippen LogP contribution in [0.15, 0.2) is 30.9 Å².